The van der Waals surface area contributed by atoms with Gasteiger partial charge in [0.2, 0.25) is 0 Å². The van der Waals surface area contributed by atoms with Gasteiger partial charge in [-0.3, -0.25) is 14.4 Å². The molecular formula is C14H30Ir3N6O7-6. The normalized spacial score (nSPS) is 8.80. The van der Waals surface area contributed by atoms with Gasteiger partial charge in [-0.15, -0.1) is 19.6 Å². The van der Waals surface area contributed by atoms with Crippen LogP contribution in [0.15, 0.2) is 0 Å². The summed E-state index contributed by atoms with van der Waals surface area (Å²) in [4.78, 5) is 34.2. The van der Waals surface area contributed by atoms with E-state index in [9.17, 15) is 19.5 Å². The quantitative estimate of drug-likeness (QED) is 0.213. The fourth-order valence-electron chi connectivity index (χ4n) is 1.49. The van der Waals surface area contributed by atoms with Gasteiger partial charge in [0.15, 0.2) is 0 Å². The van der Waals surface area contributed by atoms with Crippen LogP contribution in [0.1, 0.15) is 19.3 Å². The van der Waals surface area contributed by atoms with Crippen molar-refractivity contribution in [3.63, 3.8) is 0 Å². The second kappa shape index (κ2) is 29.1. The van der Waals surface area contributed by atoms with E-state index in [1.54, 1.807) is 0 Å². The van der Waals surface area contributed by atoms with Crippen LogP contribution in [-0.4, -0.2) is 69.1 Å². The zero-order chi connectivity index (χ0) is 18.4. The zero-order valence-electron chi connectivity index (χ0n) is 16.2. The molecule has 0 aromatic carbocycles. The number of nitrogens with one attached hydrogen (secondary N) is 3. The van der Waals surface area contributed by atoms with E-state index in [4.69, 9.17) is 31.4 Å². The van der Waals surface area contributed by atoms with Gasteiger partial charge in [-0.1, -0.05) is 0 Å². The van der Waals surface area contributed by atoms with Crippen LogP contribution in [0.3, 0.4) is 0 Å². The third kappa shape index (κ3) is 22.8. The van der Waals surface area contributed by atoms with Crippen molar-refractivity contribution in [2.45, 2.75) is 19.3 Å². The fourth-order valence-corrected chi connectivity index (χ4v) is 1.49. The van der Waals surface area contributed by atoms with Crippen molar-refractivity contribution in [2.75, 3.05) is 46.1 Å². The summed E-state index contributed by atoms with van der Waals surface area (Å²) < 4.78 is 14.8. The van der Waals surface area contributed by atoms with Crippen molar-refractivity contribution in [1.29, 1.82) is 0 Å². The number of hydrogen-bond donors (Lipinski definition) is 1. The minimum Gasteiger partial charge on any atom is -0.693 e. The Morgan fingerprint density at radius 3 is 1.03 bits per heavy atom. The first-order chi connectivity index (χ1) is 11.4. The average molecular weight is 971 g/mol. The van der Waals surface area contributed by atoms with Gasteiger partial charge in [0.25, 0.3) is 0 Å². The summed E-state index contributed by atoms with van der Waals surface area (Å²) in [6.07, 6.45) is -0.379. The molecule has 0 heterocycles. The fraction of sp³-hybridized carbons (Fsp3) is 0.786. The van der Waals surface area contributed by atoms with Gasteiger partial charge in [0.05, 0.1) is 12.0 Å². The first kappa shape index (κ1) is 47.8. The van der Waals surface area contributed by atoms with Gasteiger partial charge in [-0.25, -0.2) is 0 Å². The Morgan fingerprint density at radius 1 is 0.633 bits per heavy atom. The molecule has 0 aliphatic carbocycles. The number of hydrogen-bond acceptors (Lipinski definition) is 7. The number of carbonyl (C=O) groups excluding carboxylic acids is 3. The van der Waals surface area contributed by atoms with Gasteiger partial charge >= 0.3 is 17.9 Å². The van der Waals surface area contributed by atoms with Gasteiger partial charge in [-0.2, -0.15) is 0 Å². The van der Waals surface area contributed by atoms with Crippen LogP contribution in [0.4, 0.5) is 0 Å². The first-order valence-electron chi connectivity index (χ1n) is 7.44. The summed E-state index contributed by atoms with van der Waals surface area (Å²) >= 11 is 0. The molecular weight excluding hydrogens is 941 g/mol. The predicted octanol–water partition coefficient (Wildman–Crippen LogP) is 3.07. The van der Waals surface area contributed by atoms with Gasteiger partial charge in [-0.05, 0) is 0 Å². The molecule has 0 fully saturated rings. The SMILES string of the molecule is [Ir].[Ir].[Ir].[NH-]CCC(=O)OCC(CO)(COC(=O)CC[NH-])COC(=O)CC[NH-].[NH2-].[NH2-].[NH2-]. The third-order valence-electron chi connectivity index (χ3n) is 2.94. The third-order valence-corrected chi connectivity index (χ3v) is 2.94. The number of nitrogens with two attached hydrogens (primary N) is 3. The van der Waals surface area contributed by atoms with Gasteiger partial charge < -0.3 is 55.0 Å². The molecule has 0 amide bonds. The monoisotopic (exact) mass is 973 g/mol. The zero-order valence-corrected chi connectivity index (χ0v) is 23.4. The van der Waals surface area contributed by atoms with E-state index >= 15 is 0 Å². The molecule has 0 atom stereocenters. The average Bonchev–Trinajstić information content (AvgIpc) is 2.55. The number of ether oxygens (including phenoxy) is 3. The van der Waals surface area contributed by atoms with Crippen LogP contribution in [0, 0.1) is 5.41 Å². The van der Waals surface area contributed by atoms with Crippen LogP contribution in [0.25, 0.3) is 35.7 Å². The van der Waals surface area contributed by atoms with Crippen LogP contribution in [0.2, 0.25) is 0 Å². The number of aliphatic hydroxyl groups is 1. The second-order valence-electron chi connectivity index (χ2n) is 5.14. The molecule has 0 saturated carbocycles. The van der Waals surface area contributed by atoms with Crippen molar-refractivity contribution in [2.24, 2.45) is 5.41 Å². The molecule has 30 heavy (non-hydrogen) atoms. The number of esters is 3. The molecule has 16 heteroatoms. The topological polar surface area (TPSA) is 271 Å². The molecule has 191 valence electrons. The van der Waals surface area contributed by atoms with Crippen molar-refractivity contribution in [3.05, 3.63) is 35.7 Å². The van der Waals surface area contributed by atoms with Crippen LogP contribution in [0.5, 0.6) is 0 Å². The maximum atomic E-state index is 11.4. The molecule has 0 bridgehead atoms. The van der Waals surface area contributed by atoms with E-state index in [1.165, 1.54) is 0 Å². The Balaban J connectivity index is -0.000000176. The van der Waals surface area contributed by atoms with E-state index < -0.39 is 29.9 Å². The standard InChI is InChI=1S/C14H24N3O7.3Ir.3H2N/c15-4-1-11(19)22-8-14(7-18,9-23-12(20)2-5-16)10-24-13(21)3-6-17;;;;;;/h15-18H,1-10H2;;;;3*1H2/q-3;;;;3*-1. The molecule has 13 nitrogen and oxygen atoms in total. The Kier molecular flexibility index (Phi) is 46.3. The number of carbonyl (C=O) groups is 3. The van der Waals surface area contributed by atoms with Crippen molar-refractivity contribution in [1.82, 2.24) is 0 Å². The summed E-state index contributed by atoms with van der Waals surface area (Å²) in [7, 11) is 0. The number of rotatable bonds is 13. The van der Waals surface area contributed by atoms with Crippen molar-refractivity contribution in [3.8, 4) is 0 Å². The summed E-state index contributed by atoms with van der Waals surface area (Å²) in [5.41, 5.74) is 19.5. The molecule has 0 aliphatic heterocycles. The molecule has 0 spiro atoms. The van der Waals surface area contributed by atoms with Crippen LogP contribution >= 0.6 is 0 Å². The molecule has 0 unspecified atom stereocenters. The summed E-state index contributed by atoms with van der Waals surface area (Å²) in [6.45, 7) is -2.10. The molecule has 10 N–H and O–H groups in total. The minimum absolute atomic E-state index is 0. The van der Waals surface area contributed by atoms with E-state index in [0.29, 0.717) is 0 Å². The van der Waals surface area contributed by atoms with E-state index in [2.05, 4.69) is 0 Å². The summed E-state index contributed by atoms with van der Waals surface area (Å²) in [5, 5.41) is 9.62. The van der Waals surface area contributed by atoms with Crippen LogP contribution in [-0.2, 0) is 88.9 Å². The van der Waals surface area contributed by atoms with Crippen LogP contribution < -0.4 is 0 Å². The predicted molar refractivity (Wildman–Crippen MR) is 99.7 cm³/mol. The Morgan fingerprint density at radius 2 is 0.867 bits per heavy atom. The smallest absolute Gasteiger partial charge is 0.304 e. The Bertz CT molecular complexity index is 370. The Hall–Kier alpha value is 0.0781. The van der Waals surface area contributed by atoms with E-state index in [0.717, 1.165) is 0 Å². The van der Waals surface area contributed by atoms with E-state index in [-0.39, 0.29) is 137 Å². The van der Waals surface area contributed by atoms with Crippen molar-refractivity contribution >= 4 is 17.9 Å². The van der Waals surface area contributed by atoms with Gasteiger partial charge in [0, 0.05) is 79.6 Å². The maximum Gasteiger partial charge on any atom is 0.304 e. The molecule has 3 radical (unpaired) electrons. The molecule has 0 aromatic rings. The molecule has 0 saturated heterocycles. The summed E-state index contributed by atoms with van der Waals surface area (Å²) in [5.74, 6) is -1.96. The van der Waals surface area contributed by atoms with Crippen molar-refractivity contribution < 1.29 is 94.0 Å². The van der Waals surface area contributed by atoms with Gasteiger partial charge in [0.1, 0.15) is 19.8 Å². The minimum atomic E-state index is -1.33. The molecule has 0 rings (SSSR count). The summed E-state index contributed by atoms with van der Waals surface area (Å²) in [6, 6.07) is 0. The number of aliphatic hydroxyl groups excluding tert-OH is 1. The molecule has 0 aromatic heterocycles. The first-order valence-corrected chi connectivity index (χ1v) is 7.44. The maximum absolute atomic E-state index is 11.4. The molecule has 0 aliphatic rings. The second-order valence-corrected chi connectivity index (χ2v) is 5.14. The Labute approximate surface area is 217 Å². The largest absolute Gasteiger partial charge is 0.693 e. The van der Waals surface area contributed by atoms with E-state index in [1.807, 2.05) is 0 Å².